The summed E-state index contributed by atoms with van der Waals surface area (Å²) in [5.74, 6) is 0. The van der Waals surface area contributed by atoms with Gasteiger partial charge in [-0.1, -0.05) is 56.7 Å². The second-order valence-corrected chi connectivity index (χ2v) is 4.62. The van der Waals surface area contributed by atoms with Gasteiger partial charge in [0.2, 0.25) is 0 Å². The molecule has 0 heterocycles. The molecule has 1 rings (SSSR count). The van der Waals surface area contributed by atoms with Crippen molar-refractivity contribution in [2.45, 2.75) is 40.2 Å². The standard InChI is InChI=1S/C15H23N/c1-5-14-6-8-15(9-7-14)10-13(4)11-16-12(2)3/h6-10,12,16H,5,11H2,1-4H3. The molecule has 1 heteroatoms. The molecule has 0 radical (unpaired) electrons. The van der Waals surface area contributed by atoms with E-state index in [1.807, 2.05) is 0 Å². The van der Waals surface area contributed by atoms with E-state index in [0.717, 1.165) is 13.0 Å². The highest BCUT2D eigenvalue weighted by Crippen LogP contribution is 2.09. The van der Waals surface area contributed by atoms with Crippen LogP contribution in [-0.2, 0) is 6.42 Å². The van der Waals surface area contributed by atoms with Crippen molar-refractivity contribution in [2.24, 2.45) is 0 Å². The molecule has 1 N–H and O–H groups in total. The van der Waals surface area contributed by atoms with Crippen molar-refractivity contribution in [3.8, 4) is 0 Å². The first kappa shape index (κ1) is 13.0. The van der Waals surface area contributed by atoms with Crippen LogP contribution in [0.3, 0.4) is 0 Å². The Morgan fingerprint density at radius 1 is 1.25 bits per heavy atom. The summed E-state index contributed by atoms with van der Waals surface area (Å²) in [6, 6.07) is 9.34. The van der Waals surface area contributed by atoms with E-state index < -0.39 is 0 Å². The molecule has 0 atom stereocenters. The maximum atomic E-state index is 3.42. The third kappa shape index (κ3) is 4.63. The lowest BCUT2D eigenvalue weighted by Gasteiger charge is -2.08. The van der Waals surface area contributed by atoms with Gasteiger partial charge in [0.15, 0.2) is 0 Å². The Morgan fingerprint density at radius 3 is 2.38 bits per heavy atom. The molecule has 1 aromatic carbocycles. The zero-order chi connectivity index (χ0) is 12.0. The van der Waals surface area contributed by atoms with E-state index in [4.69, 9.17) is 0 Å². The molecule has 0 aliphatic heterocycles. The minimum atomic E-state index is 0.547. The van der Waals surface area contributed by atoms with E-state index in [0.29, 0.717) is 6.04 Å². The van der Waals surface area contributed by atoms with Gasteiger partial charge in [0, 0.05) is 12.6 Å². The van der Waals surface area contributed by atoms with Gasteiger partial charge < -0.3 is 5.32 Å². The quantitative estimate of drug-likeness (QED) is 0.794. The summed E-state index contributed by atoms with van der Waals surface area (Å²) in [4.78, 5) is 0. The molecular weight excluding hydrogens is 194 g/mol. The number of aryl methyl sites for hydroxylation is 1. The fourth-order valence-corrected chi connectivity index (χ4v) is 1.55. The number of rotatable bonds is 5. The SMILES string of the molecule is CCc1ccc(C=C(C)CNC(C)C)cc1. The van der Waals surface area contributed by atoms with E-state index in [-0.39, 0.29) is 0 Å². The minimum Gasteiger partial charge on any atom is -0.311 e. The molecule has 16 heavy (non-hydrogen) atoms. The number of hydrogen-bond donors (Lipinski definition) is 1. The lowest BCUT2D eigenvalue weighted by molar-refractivity contribution is 0.623. The molecule has 0 saturated heterocycles. The van der Waals surface area contributed by atoms with Crippen LogP contribution in [0.15, 0.2) is 29.8 Å². The Hall–Kier alpha value is -1.08. The van der Waals surface area contributed by atoms with Crippen LogP contribution in [0.5, 0.6) is 0 Å². The average Bonchev–Trinajstić information content (AvgIpc) is 2.27. The predicted octanol–water partition coefficient (Wildman–Crippen LogP) is 3.65. The van der Waals surface area contributed by atoms with E-state index in [1.165, 1.54) is 16.7 Å². The van der Waals surface area contributed by atoms with Gasteiger partial charge in [-0.15, -0.1) is 0 Å². The summed E-state index contributed by atoms with van der Waals surface area (Å²) in [6.45, 7) is 9.66. The predicted molar refractivity (Wildman–Crippen MR) is 72.6 cm³/mol. The van der Waals surface area contributed by atoms with Crippen LogP contribution >= 0.6 is 0 Å². The van der Waals surface area contributed by atoms with Gasteiger partial charge in [-0.3, -0.25) is 0 Å². The molecular formula is C15H23N. The van der Waals surface area contributed by atoms with E-state index >= 15 is 0 Å². The fraction of sp³-hybridized carbons (Fsp3) is 0.467. The van der Waals surface area contributed by atoms with Crippen molar-refractivity contribution >= 4 is 6.08 Å². The molecule has 1 nitrogen and oxygen atoms in total. The third-order valence-corrected chi connectivity index (χ3v) is 2.59. The highest BCUT2D eigenvalue weighted by Gasteiger charge is 1.95. The molecule has 0 amide bonds. The van der Waals surface area contributed by atoms with Crippen molar-refractivity contribution in [1.82, 2.24) is 5.32 Å². The zero-order valence-corrected chi connectivity index (χ0v) is 10.9. The van der Waals surface area contributed by atoms with Crippen LogP contribution in [-0.4, -0.2) is 12.6 Å². The van der Waals surface area contributed by atoms with Crippen molar-refractivity contribution in [2.75, 3.05) is 6.54 Å². The normalized spacial score (nSPS) is 12.2. The van der Waals surface area contributed by atoms with Gasteiger partial charge in [-0.2, -0.15) is 0 Å². The monoisotopic (exact) mass is 217 g/mol. The number of benzene rings is 1. The maximum Gasteiger partial charge on any atom is 0.0167 e. The Kier molecular flexibility index (Phi) is 5.27. The molecule has 0 bridgehead atoms. The van der Waals surface area contributed by atoms with Crippen LogP contribution < -0.4 is 5.32 Å². The van der Waals surface area contributed by atoms with Gasteiger partial charge in [-0.05, 0) is 24.5 Å². The number of nitrogens with one attached hydrogen (secondary N) is 1. The first-order valence-corrected chi connectivity index (χ1v) is 6.11. The molecule has 0 spiro atoms. The van der Waals surface area contributed by atoms with Crippen LogP contribution in [0.25, 0.3) is 6.08 Å². The van der Waals surface area contributed by atoms with E-state index in [2.05, 4.69) is 63.4 Å². The fourth-order valence-electron chi connectivity index (χ4n) is 1.55. The lowest BCUT2D eigenvalue weighted by atomic mass is 10.1. The summed E-state index contributed by atoms with van der Waals surface area (Å²) in [6.07, 6.45) is 3.35. The van der Waals surface area contributed by atoms with Crippen LogP contribution in [0.2, 0.25) is 0 Å². The summed E-state index contributed by atoms with van der Waals surface area (Å²) in [5, 5.41) is 3.42. The first-order valence-electron chi connectivity index (χ1n) is 6.11. The van der Waals surface area contributed by atoms with Crippen molar-refractivity contribution in [3.05, 3.63) is 41.0 Å². The van der Waals surface area contributed by atoms with Crippen molar-refractivity contribution in [3.63, 3.8) is 0 Å². The first-order chi connectivity index (χ1) is 7.61. The van der Waals surface area contributed by atoms with Crippen LogP contribution in [0, 0.1) is 0 Å². The second kappa shape index (κ2) is 6.49. The molecule has 88 valence electrons. The zero-order valence-electron chi connectivity index (χ0n) is 10.9. The molecule has 0 aliphatic rings. The topological polar surface area (TPSA) is 12.0 Å². The summed E-state index contributed by atoms with van der Waals surface area (Å²) in [5.41, 5.74) is 4.06. The summed E-state index contributed by atoms with van der Waals surface area (Å²) < 4.78 is 0. The van der Waals surface area contributed by atoms with Crippen LogP contribution in [0.1, 0.15) is 38.8 Å². The highest BCUT2D eigenvalue weighted by atomic mass is 14.9. The molecule has 0 aromatic heterocycles. The summed E-state index contributed by atoms with van der Waals surface area (Å²) in [7, 11) is 0. The number of hydrogen-bond acceptors (Lipinski definition) is 1. The maximum absolute atomic E-state index is 3.42. The Bertz CT molecular complexity index is 333. The Labute approximate surface area is 99.6 Å². The van der Waals surface area contributed by atoms with Gasteiger partial charge in [0.1, 0.15) is 0 Å². The molecule has 0 unspecified atom stereocenters. The molecule has 0 fully saturated rings. The van der Waals surface area contributed by atoms with E-state index in [9.17, 15) is 0 Å². The van der Waals surface area contributed by atoms with Crippen molar-refractivity contribution < 1.29 is 0 Å². The second-order valence-electron chi connectivity index (χ2n) is 4.62. The smallest absolute Gasteiger partial charge is 0.0167 e. The van der Waals surface area contributed by atoms with Crippen LogP contribution in [0.4, 0.5) is 0 Å². The Balaban J connectivity index is 2.59. The average molecular weight is 217 g/mol. The molecule has 0 aliphatic carbocycles. The van der Waals surface area contributed by atoms with Gasteiger partial charge in [-0.25, -0.2) is 0 Å². The van der Waals surface area contributed by atoms with Gasteiger partial charge in [0.05, 0.1) is 0 Å². The van der Waals surface area contributed by atoms with E-state index in [1.54, 1.807) is 0 Å². The van der Waals surface area contributed by atoms with Crippen molar-refractivity contribution in [1.29, 1.82) is 0 Å². The lowest BCUT2D eigenvalue weighted by Crippen LogP contribution is -2.24. The van der Waals surface area contributed by atoms with Gasteiger partial charge in [0.25, 0.3) is 0 Å². The largest absolute Gasteiger partial charge is 0.311 e. The molecule has 1 aromatic rings. The molecule has 0 saturated carbocycles. The Morgan fingerprint density at radius 2 is 1.88 bits per heavy atom. The van der Waals surface area contributed by atoms with Gasteiger partial charge >= 0.3 is 0 Å². The summed E-state index contributed by atoms with van der Waals surface area (Å²) >= 11 is 0. The third-order valence-electron chi connectivity index (χ3n) is 2.59. The minimum absolute atomic E-state index is 0.547. The highest BCUT2D eigenvalue weighted by molar-refractivity contribution is 5.53.